The van der Waals surface area contributed by atoms with Crippen LogP contribution in [0.3, 0.4) is 0 Å². The molecular weight excluding hydrogens is 332 g/mol. The third kappa shape index (κ3) is 3.48. The van der Waals surface area contributed by atoms with Crippen LogP contribution in [0.2, 0.25) is 0 Å². The van der Waals surface area contributed by atoms with E-state index in [2.05, 4.69) is 38.3 Å². The summed E-state index contributed by atoms with van der Waals surface area (Å²) in [6.07, 6.45) is 7.76. The molecule has 2 heterocycles. The smallest absolute Gasteiger partial charge is 0.291 e. The lowest BCUT2D eigenvalue weighted by atomic mass is 9.85. The highest BCUT2D eigenvalue weighted by Gasteiger charge is 2.22. The molecule has 1 saturated heterocycles. The summed E-state index contributed by atoms with van der Waals surface area (Å²) in [5.74, 6) is 0.630. The average molecular weight is 355 g/mol. The predicted octanol–water partition coefficient (Wildman–Crippen LogP) is 2.31. The van der Waals surface area contributed by atoms with Crippen LogP contribution in [0.4, 0.5) is 5.69 Å². The van der Waals surface area contributed by atoms with Gasteiger partial charge >= 0.3 is 0 Å². The number of likely N-dealkylation sites (tertiary alicyclic amines) is 1. The van der Waals surface area contributed by atoms with Gasteiger partial charge in [0.05, 0.1) is 10.7 Å². The molecule has 116 valence electrons. The lowest BCUT2D eigenvalue weighted by Crippen LogP contribution is -2.41. The van der Waals surface area contributed by atoms with Crippen LogP contribution in [0.15, 0.2) is 15.5 Å². The van der Waals surface area contributed by atoms with E-state index >= 15 is 0 Å². The van der Waals surface area contributed by atoms with Crippen LogP contribution in [-0.2, 0) is 6.54 Å². The minimum atomic E-state index is 0.00417. The number of hydrogen-bond acceptors (Lipinski definition) is 4. The van der Waals surface area contributed by atoms with E-state index in [-0.39, 0.29) is 5.56 Å². The second-order valence-corrected chi connectivity index (χ2v) is 7.25. The van der Waals surface area contributed by atoms with Crippen molar-refractivity contribution in [3.05, 3.63) is 21.0 Å². The second kappa shape index (κ2) is 6.48. The largest absolute Gasteiger partial charge is 0.376 e. The molecule has 0 aromatic carbocycles. The molecule has 1 aromatic rings. The van der Waals surface area contributed by atoms with Gasteiger partial charge in [0.25, 0.3) is 5.56 Å². The Balaban J connectivity index is 1.76. The first-order valence-electron chi connectivity index (χ1n) is 7.84. The minimum absolute atomic E-state index is 0.00417. The first-order valence-corrected chi connectivity index (χ1v) is 8.63. The number of likely N-dealkylation sites (N-methyl/N-ethyl adjacent to an activating group) is 1. The topological polar surface area (TPSA) is 50.2 Å². The Hall–Kier alpha value is -0.880. The van der Waals surface area contributed by atoms with Gasteiger partial charge in [-0.25, -0.2) is 4.68 Å². The van der Waals surface area contributed by atoms with Gasteiger partial charge in [0.15, 0.2) is 0 Å². The Morgan fingerprint density at radius 2 is 2.19 bits per heavy atom. The number of hydrogen-bond donors (Lipinski definition) is 1. The number of anilines is 1. The van der Waals surface area contributed by atoms with Crippen molar-refractivity contribution in [1.82, 2.24) is 14.7 Å². The Morgan fingerprint density at radius 1 is 1.38 bits per heavy atom. The summed E-state index contributed by atoms with van der Waals surface area (Å²) in [6.45, 7) is 2.88. The standard InChI is InChI=1S/C15H23BrN4O/c1-19-7-3-6-12(10-19)18-14-13(16)8-17-20(15(14)21)9-11-4-2-5-11/h8,11-12,18H,2-7,9-10H2,1H3. The Labute approximate surface area is 133 Å². The van der Waals surface area contributed by atoms with Crippen LogP contribution in [0, 0.1) is 5.92 Å². The van der Waals surface area contributed by atoms with Crippen molar-refractivity contribution in [2.24, 2.45) is 5.92 Å². The molecule has 1 N–H and O–H groups in total. The molecule has 1 aromatic heterocycles. The van der Waals surface area contributed by atoms with Crippen LogP contribution in [-0.4, -0.2) is 40.9 Å². The lowest BCUT2D eigenvalue weighted by Gasteiger charge is -2.31. The maximum absolute atomic E-state index is 12.6. The second-order valence-electron chi connectivity index (χ2n) is 6.40. The Morgan fingerprint density at radius 3 is 2.86 bits per heavy atom. The van der Waals surface area contributed by atoms with Gasteiger partial charge < -0.3 is 10.2 Å². The molecule has 0 radical (unpaired) electrons. The average Bonchev–Trinajstić information content (AvgIpc) is 2.41. The fraction of sp³-hybridized carbons (Fsp3) is 0.733. The van der Waals surface area contributed by atoms with Gasteiger partial charge in [-0.15, -0.1) is 0 Å². The van der Waals surface area contributed by atoms with E-state index in [1.54, 1.807) is 10.9 Å². The van der Waals surface area contributed by atoms with Gasteiger partial charge in [-0.1, -0.05) is 6.42 Å². The number of piperidine rings is 1. The van der Waals surface area contributed by atoms with Crippen LogP contribution in [0.25, 0.3) is 0 Å². The zero-order valence-corrected chi connectivity index (χ0v) is 14.1. The summed E-state index contributed by atoms with van der Waals surface area (Å²) >= 11 is 3.47. The molecule has 0 amide bonds. The summed E-state index contributed by atoms with van der Waals surface area (Å²) in [5, 5.41) is 7.71. The molecule has 0 bridgehead atoms. The van der Waals surface area contributed by atoms with Crippen LogP contribution < -0.4 is 10.9 Å². The molecule has 2 aliphatic rings. The van der Waals surface area contributed by atoms with E-state index in [1.165, 1.54) is 25.7 Å². The predicted molar refractivity (Wildman–Crippen MR) is 87.7 cm³/mol. The van der Waals surface area contributed by atoms with Crippen molar-refractivity contribution >= 4 is 21.6 Å². The maximum atomic E-state index is 12.6. The molecule has 1 saturated carbocycles. The van der Waals surface area contributed by atoms with Crippen molar-refractivity contribution in [1.29, 1.82) is 0 Å². The van der Waals surface area contributed by atoms with Crippen molar-refractivity contribution in [2.45, 2.75) is 44.7 Å². The summed E-state index contributed by atoms with van der Waals surface area (Å²) in [6, 6.07) is 0.340. The molecule has 1 aliphatic heterocycles. The van der Waals surface area contributed by atoms with Gasteiger partial charge in [0.2, 0.25) is 0 Å². The van der Waals surface area contributed by atoms with Gasteiger partial charge in [0, 0.05) is 19.1 Å². The number of aromatic nitrogens is 2. The van der Waals surface area contributed by atoms with E-state index in [1.807, 2.05) is 0 Å². The molecule has 2 fully saturated rings. The van der Waals surface area contributed by atoms with Crippen LogP contribution in [0.5, 0.6) is 0 Å². The molecule has 3 rings (SSSR count). The van der Waals surface area contributed by atoms with Gasteiger partial charge in [-0.2, -0.15) is 5.10 Å². The Bertz CT molecular complexity index is 555. The molecule has 5 nitrogen and oxygen atoms in total. The fourth-order valence-electron chi connectivity index (χ4n) is 3.14. The van der Waals surface area contributed by atoms with Crippen LogP contribution in [0.1, 0.15) is 32.1 Å². The lowest BCUT2D eigenvalue weighted by molar-refractivity contribution is 0.258. The van der Waals surface area contributed by atoms with Gasteiger partial charge in [-0.05, 0) is 61.1 Å². The maximum Gasteiger partial charge on any atom is 0.291 e. The fourth-order valence-corrected chi connectivity index (χ4v) is 3.51. The third-order valence-corrected chi connectivity index (χ3v) is 5.23. The first kappa shape index (κ1) is 15.0. The summed E-state index contributed by atoms with van der Waals surface area (Å²) in [5.41, 5.74) is 0.675. The molecule has 0 spiro atoms. The van der Waals surface area contributed by atoms with E-state index < -0.39 is 0 Å². The van der Waals surface area contributed by atoms with E-state index in [9.17, 15) is 4.79 Å². The highest BCUT2D eigenvalue weighted by molar-refractivity contribution is 9.10. The molecule has 1 atom stereocenters. The van der Waals surface area contributed by atoms with E-state index in [4.69, 9.17) is 0 Å². The molecule has 6 heteroatoms. The van der Waals surface area contributed by atoms with Gasteiger partial charge in [-0.3, -0.25) is 4.79 Å². The third-order valence-electron chi connectivity index (χ3n) is 4.63. The van der Waals surface area contributed by atoms with Crippen molar-refractivity contribution in [3.63, 3.8) is 0 Å². The zero-order chi connectivity index (χ0) is 14.8. The number of rotatable bonds is 4. The molecular formula is C15H23BrN4O. The van der Waals surface area contributed by atoms with Crippen LogP contribution >= 0.6 is 15.9 Å². The quantitative estimate of drug-likeness (QED) is 0.901. The van der Waals surface area contributed by atoms with Crippen molar-refractivity contribution in [3.8, 4) is 0 Å². The monoisotopic (exact) mass is 354 g/mol. The normalized spacial score (nSPS) is 23.8. The zero-order valence-electron chi connectivity index (χ0n) is 12.5. The molecule has 1 aliphatic carbocycles. The van der Waals surface area contributed by atoms with Gasteiger partial charge in [0.1, 0.15) is 5.69 Å². The first-order chi connectivity index (χ1) is 10.1. The minimum Gasteiger partial charge on any atom is -0.376 e. The van der Waals surface area contributed by atoms with Crippen molar-refractivity contribution < 1.29 is 0 Å². The molecule has 1 unspecified atom stereocenters. The number of nitrogens with one attached hydrogen (secondary N) is 1. The van der Waals surface area contributed by atoms with E-state index in [0.717, 1.165) is 30.5 Å². The highest BCUT2D eigenvalue weighted by atomic mass is 79.9. The molecule has 21 heavy (non-hydrogen) atoms. The Kier molecular flexibility index (Phi) is 4.64. The van der Waals surface area contributed by atoms with E-state index in [0.29, 0.717) is 17.6 Å². The SMILES string of the molecule is CN1CCCC(Nc2c(Br)cnn(CC3CCC3)c2=O)C1. The summed E-state index contributed by atoms with van der Waals surface area (Å²) in [4.78, 5) is 14.9. The summed E-state index contributed by atoms with van der Waals surface area (Å²) < 4.78 is 2.40. The van der Waals surface area contributed by atoms with Crippen molar-refractivity contribution in [2.75, 3.05) is 25.5 Å². The number of nitrogens with zero attached hydrogens (tertiary/aromatic N) is 3. The number of halogens is 1. The summed E-state index contributed by atoms with van der Waals surface area (Å²) in [7, 11) is 2.13. The highest BCUT2D eigenvalue weighted by Crippen LogP contribution is 2.27.